The zero-order valence-corrected chi connectivity index (χ0v) is 13.9. The minimum absolute atomic E-state index is 0.0756. The number of nitrogens with two attached hydrogens (primary N) is 1. The van der Waals surface area contributed by atoms with E-state index in [4.69, 9.17) is 4.98 Å². The summed E-state index contributed by atoms with van der Waals surface area (Å²) in [5.41, 5.74) is 4.96. The summed E-state index contributed by atoms with van der Waals surface area (Å²) in [6.45, 7) is 2.69. The molecule has 0 aliphatic carbocycles. The van der Waals surface area contributed by atoms with Crippen molar-refractivity contribution in [3.8, 4) is 0 Å². The summed E-state index contributed by atoms with van der Waals surface area (Å²) in [4.78, 5) is 21.3. The molecule has 3 heterocycles. The molecule has 25 heavy (non-hydrogen) atoms. The number of allylic oxidation sites excluding steroid dienone is 1. The lowest BCUT2D eigenvalue weighted by Crippen LogP contribution is -2.69. The van der Waals surface area contributed by atoms with Gasteiger partial charge >= 0.3 is 0 Å². The third kappa shape index (κ3) is 2.77. The topological polar surface area (TPSA) is 83.9 Å². The highest BCUT2D eigenvalue weighted by Gasteiger charge is 2.16. The summed E-state index contributed by atoms with van der Waals surface area (Å²) in [6, 6.07) is 7.59. The summed E-state index contributed by atoms with van der Waals surface area (Å²) >= 11 is 0. The number of carbonyl (C=O) groups excluding carboxylic acids is 1. The molecule has 0 unspecified atom stereocenters. The Hall–Kier alpha value is -3.12. The van der Waals surface area contributed by atoms with Crippen LogP contribution in [0.15, 0.2) is 48.0 Å². The predicted octanol–water partition coefficient (Wildman–Crippen LogP) is 1.83. The van der Waals surface area contributed by atoms with Crippen molar-refractivity contribution in [2.24, 2.45) is 5.10 Å². The number of amides is 1. The van der Waals surface area contributed by atoms with Gasteiger partial charge in [0, 0.05) is 40.7 Å². The van der Waals surface area contributed by atoms with E-state index in [1.807, 2.05) is 43.6 Å². The van der Waals surface area contributed by atoms with Crippen LogP contribution in [0.25, 0.3) is 27.2 Å². The van der Waals surface area contributed by atoms with Gasteiger partial charge in [-0.25, -0.2) is 4.98 Å². The average Bonchev–Trinajstić information content (AvgIpc) is 3.19. The van der Waals surface area contributed by atoms with Crippen LogP contribution in [0.5, 0.6) is 0 Å². The summed E-state index contributed by atoms with van der Waals surface area (Å²) in [5.74, 6) is -0.0756. The first-order valence-electron chi connectivity index (χ1n) is 8.30. The quantitative estimate of drug-likeness (QED) is 0.565. The van der Waals surface area contributed by atoms with Gasteiger partial charge in [0.05, 0.1) is 23.0 Å². The summed E-state index contributed by atoms with van der Waals surface area (Å²) in [6.07, 6.45) is 8.25. The van der Waals surface area contributed by atoms with Crippen LogP contribution in [0.4, 0.5) is 0 Å². The van der Waals surface area contributed by atoms with E-state index in [9.17, 15) is 4.79 Å². The number of pyridine rings is 2. The summed E-state index contributed by atoms with van der Waals surface area (Å²) in [5, 5.41) is 10.1. The number of hydrogen-bond donors (Lipinski definition) is 2. The standard InChI is InChI=1S/C19H17N5O/c1-2-6-21-19(25)12-3-4-14-16-11-20-7-5-15(16)18(24-17(14)8-12)13-9-22-23-10-13/h3-5,7-11H,2,6H2,1H3,(H,21,25)(H,22,23)/p+1. The maximum atomic E-state index is 12.3. The number of aromatic nitrogens is 2. The molecule has 0 atom stereocenters. The third-order valence-corrected chi connectivity index (χ3v) is 4.22. The summed E-state index contributed by atoms with van der Waals surface area (Å²) < 4.78 is 0. The first-order valence-corrected chi connectivity index (χ1v) is 8.30. The molecule has 0 spiro atoms. The second-order valence-electron chi connectivity index (χ2n) is 5.92. The lowest BCUT2D eigenvalue weighted by molar-refractivity contribution is -0.589. The Kier molecular flexibility index (Phi) is 3.95. The molecule has 0 saturated carbocycles. The molecule has 0 radical (unpaired) electrons. The molecule has 6 nitrogen and oxygen atoms in total. The Morgan fingerprint density at radius 3 is 2.92 bits per heavy atom. The SMILES string of the molecule is CCCNC(=O)c1ccc2c(c1)nc(C1=C[NH2+]N=C1)c1ccncc12. The van der Waals surface area contributed by atoms with E-state index in [1.54, 1.807) is 17.8 Å². The van der Waals surface area contributed by atoms with Crippen LogP contribution < -0.4 is 10.7 Å². The van der Waals surface area contributed by atoms with Gasteiger partial charge in [0.1, 0.15) is 6.20 Å². The van der Waals surface area contributed by atoms with Gasteiger partial charge in [-0.15, -0.1) is 0 Å². The number of nitrogens with one attached hydrogen (secondary N) is 1. The molecule has 0 bridgehead atoms. The predicted molar refractivity (Wildman–Crippen MR) is 98.1 cm³/mol. The van der Waals surface area contributed by atoms with Crippen molar-refractivity contribution in [3.05, 3.63) is 54.1 Å². The average molecular weight is 332 g/mol. The van der Waals surface area contributed by atoms with Crippen LogP contribution in [-0.4, -0.2) is 28.6 Å². The maximum Gasteiger partial charge on any atom is 0.251 e. The zero-order valence-electron chi connectivity index (χ0n) is 13.9. The first kappa shape index (κ1) is 15.4. The number of nitrogens with zero attached hydrogens (tertiary/aromatic N) is 3. The molecule has 3 aromatic rings. The Labute approximate surface area is 144 Å². The smallest absolute Gasteiger partial charge is 0.251 e. The minimum Gasteiger partial charge on any atom is -0.352 e. The van der Waals surface area contributed by atoms with Gasteiger partial charge in [-0.1, -0.05) is 18.1 Å². The fourth-order valence-electron chi connectivity index (χ4n) is 2.98. The fourth-order valence-corrected chi connectivity index (χ4v) is 2.98. The molecule has 1 aliphatic heterocycles. The number of fused-ring (bicyclic) bond motifs is 3. The van der Waals surface area contributed by atoms with Crippen LogP contribution in [0.3, 0.4) is 0 Å². The third-order valence-electron chi connectivity index (χ3n) is 4.22. The number of carbonyl (C=O) groups is 1. The van der Waals surface area contributed by atoms with Gasteiger partial charge in [-0.3, -0.25) is 9.78 Å². The van der Waals surface area contributed by atoms with Gasteiger partial charge in [-0.2, -0.15) is 5.43 Å². The van der Waals surface area contributed by atoms with E-state index in [0.29, 0.717) is 12.1 Å². The van der Waals surface area contributed by atoms with Gasteiger partial charge in [0.2, 0.25) is 0 Å². The Morgan fingerprint density at radius 1 is 1.20 bits per heavy atom. The molecule has 0 fully saturated rings. The highest BCUT2D eigenvalue weighted by Crippen LogP contribution is 2.29. The number of rotatable bonds is 4. The monoisotopic (exact) mass is 332 g/mol. The zero-order chi connectivity index (χ0) is 17.2. The normalized spacial score (nSPS) is 13.4. The van der Waals surface area contributed by atoms with E-state index in [1.165, 1.54) is 0 Å². The van der Waals surface area contributed by atoms with Crippen molar-refractivity contribution >= 4 is 39.4 Å². The first-order chi connectivity index (χ1) is 12.3. The van der Waals surface area contributed by atoms with Gasteiger partial charge in [0.15, 0.2) is 0 Å². The van der Waals surface area contributed by atoms with Gasteiger partial charge in [-0.05, 0) is 24.6 Å². The number of quaternary nitrogens is 1. The van der Waals surface area contributed by atoms with Crippen molar-refractivity contribution < 1.29 is 10.2 Å². The number of hydrogen-bond acceptors (Lipinski definition) is 4. The van der Waals surface area contributed by atoms with E-state index in [-0.39, 0.29) is 5.91 Å². The van der Waals surface area contributed by atoms with E-state index < -0.39 is 0 Å². The van der Waals surface area contributed by atoms with Crippen LogP contribution in [0.2, 0.25) is 0 Å². The van der Waals surface area contributed by atoms with Crippen molar-refractivity contribution in [3.63, 3.8) is 0 Å². The second-order valence-corrected chi connectivity index (χ2v) is 5.92. The largest absolute Gasteiger partial charge is 0.352 e. The number of benzene rings is 1. The van der Waals surface area contributed by atoms with Gasteiger partial charge in [0.25, 0.3) is 5.91 Å². The molecule has 3 N–H and O–H groups in total. The fraction of sp³-hybridized carbons (Fsp3) is 0.158. The van der Waals surface area contributed by atoms with Crippen LogP contribution in [0, 0.1) is 0 Å². The molecule has 4 rings (SSSR count). The van der Waals surface area contributed by atoms with Crippen molar-refractivity contribution in [2.45, 2.75) is 13.3 Å². The Balaban J connectivity index is 1.92. The van der Waals surface area contributed by atoms with E-state index in [0.717, 1.165) is 39.4 Å². The van der Waals surface area contributed by atoms with Crippen LogP contribution >= 0.6 is 0 Å². The highest BCUT2D eigenvalue weighted by molar-refractivity contribution is 6.18. The molecule has 2 aromatic heterocycles. The Morgan fingerprint density at radius 2 is 2.12 bits per heavy atom. The van der Waals surface area contributed by atoms with E-state index in [2.05, 4.69) is 15.4 Å². The van der Waals surface area contributed by atoms with Crippen LogP contribution in [0.1, 0.15) is 29.4 Å². The lowest BCUT2D eigenvalue weighted by Gasteiger charge is -2.10. The highest BCUT2D eigenvalue weighted by atomic mass is 16.1. The molecule has 6 heteroatoms. The molecule has 1 aromatic carbocycles. The van der Waals surface area contributed by atoms with Gasteiger partial charge < -0.3 is 5.32 Å². The van der Waals surface area contributed by atoms with Crippen LogP contribution in [-0.2, 0) is 0 Å². The second kappa shape index (κ2) is 6.41. The minimum atomic E-state index is -0.0756. The van der Waals surface area contributed by atoms with Crippen molar-refractivity contribution in [2.75, 3.05) is 6.54 Å². The molecular weight excluding hydrogens is 314 g/mol. The van der Waals surface area contributed by atoms with Crippen molar-refractivity contribution in [1.29, 1.82) is 0 Å². The Bertz CT molecular complexity index is 1040. The molecule has 1 aliphatic rings. The lowest BCUT2D eigenvalue weighted by atomic mass is 10.0. The molecular formula is C19H18N5O+. The molecule has 0 saturated heterocycles. The maximum absolute atomic E-state index is 12.3. The van der Waals surface area contributed by atoms with Crippen molar-refractivity contribution in [1.82, 2.24) is 15.3 Å². The van der Waals surface area contributed by atoms with E-state index >= 15 is 0 Å². The summed E-state index contributed by atoms with van der Waals surface area (Å²) in [7, 11) is 0. The molecule has 124 valence electrons. The molecule has 1 amide bonds.